The minimum Gasteiger partial charge on any atom is -0.507 e. The molecule has 2 rings (SSSR count). The van der Waals surface area contributed by atoms with E-state index in [0.717, 1.165) is 23.4 Å². The SMILES string of the molecule is CCn1nc(C)c(-c2ccccc2O)c1C(C)C. The van der Waals surface area contributed by atoms with Crippen LogP contribution in [0.3, 0.4) is 0 Å². The monoisotopic (exact) mass is 244 g/mol. The van der Waals surface area contributed by atoms with Gasteiger partial charge in [-0.25, -0.2) is 0 Å². The fourth-order valence-electron chi connectivity index (χ4n) is 2.45. The van der Waals surface area contributed by atoms with E-state index in [4.69, 9.17) is 0 Å². The molecular weight excluding hydrogens is 224 g/mol. The van der Waals surface area contributed by atoms with E-state index < -0.39 is 0 Å². The maximum Gasteiger partial charge on any atom is 0.123 e. The predicted molar refractivity (Wildman–Crippen MR) is 73.8 cm³/mol. The Morgan fingerprint density at radius 2 is 1.94 bits per heavy atom. The lowest BCUT2D eigenvalue weighted by atomic mass is 9.97. The Bertz CT molecular complexity index is 556. The molecule has 1 N–H and O–H groups in total. The van der Waals surface area contributed by atoms with Crippen LogP contribution in [0.15, 0.2) is 24.3 Å². The quantitative estimate of drug-likeness (QED) is 0.893. The fraction of sp³-hybridized carbons (Fsp3) is 0.400. The maximum absolute atomic E-state index is 10.0. The molecular formula is C15H20N2O. The molecule has 0 amide bonds. The molecule has 0 aliphatic rings. The van der Waals surface area contributed by atoms with Crippen molar-refractivity contribution in [1.29, 1.82) is 0 Å². The molecule has 18 heavy (non-hydrogen) atoms. The summed E-state index contributed by atoms with van der Waals surface area (Å²) in [6.07, 6.45) is 0. The van der Waals surface area contributed by atoms with E-state index in [-0.39, 0.29) is 0 Å². The number of rotatable bonds is 3. The standard InChI is InChI=1S/C15H20N2O/c1-5-17-15(10(2)3)14(11(4)16-17)12-8-6-7-9-13(12)18/h6-10,18H,5H2,1-4H3. The van der Waals surface area contributed by atoms with Gasteiger partial charge in [-0.2, -0.15) is 5.10 Å². The van der Waals surface area contributed by atoms with Crippen molar-refractivity contribution in [2.45, 2.75) is 40.2 Å². The molecule has 3 nitrogen and oxygen atoms in total. The van der Waals surface area contributed by atoms with Crippen molar-refractivity contribution < 1.29 is 5.11 Å². The van der Waals surface area contributed by atoms with Crippen LogP contribution in [-0.4, -0.2) is 14.9 Å². The van der Waals surface area contributed by atoms with E-state index in [1.54, 1.807) is 6.07 Å². The normalized spacial score (nSPS) is 11.2. The number of nitrogens with zero attached hydrogens (tertiary/aromatic N) is 2. The first-order valence-corrected chi connectivity index (χ1v) is 6.41. The summed E-state index contributed by atoms with van der Waals surface area (Å²) >= 11 is 0. The molecule has 1 heterocycles. The van der Waals surface area contributed by atoms with E-state index in [1.807, 2.05) is 29.8 Å². The molecule has 0 spiro atoms. The second kappa shape index (κ2) is 4.84. The molecule has 0 fully saturated rings. The third-order valence-corrected chi connectivity index (χ3v) is 3.19. The average molecular weight is 244 g/mol. The van der Waals surface area contributed by atoms with Gasteiger partial charge in [-0.05, 0) is 25.8 Å². The van der Waals surface area contributed by atoms with Crippen molar-refractivity contribution in [1.82, 2.24) is 9.78 Å². The summed E-state index contributed by atoms with van der Waals surface area (Å²) in [6.45, 7) is 9.26. The lowest BCUT2D eigenvalue weighted by Gasteiger charge is -2.12. The van der Waals surface area contributed by atoms with Gasteiger partial charge in [0.1, 0.15) is 5.75 Å². The van der Waals surface area contributed by atoms with E-state index >= 15 is 0 Å². The smallest absolute Gasteiger partial charge is 0.123 e. The van der Waals surface area contributed by atoms with Gasteiger partial charge >= 0.3 is 0 Å². The van der Waals surface area contributed by atoms with Crippen molar-refractivity contribution in [2.24, 2.45) is 0 Å². The number of aromatic nitrogens is 2. The van der Waals surface area contributed by atoms with E-state index in [2.05, 4.69) is 25.9 Å². The topological polar surface area (TPSA) is 38.0 Å². The molecule has 0 radical (unpaired) electrons. The van der Waals surface area contributed by atoms with E-state index in [0.29, 0.717) is 11.7 Å². The number of aromatic hydroxyl groups is 1. The second-order valence-electron chi connectivity index (χ2n) is 4.83. The first-order chi connectivity index (χ1) is 8.56. The van der Waals surface area contributed by atoms with Crippen LogP contribution in [0.25, 0.3) is 11.1 Å². The molecule has 1 aromatic carbocycles. The van der Waals surface area contributed by atoms with Gasteiger partial charge in [0.2, 0.25) is 0 Å². The summed E-state index contributed by atoms with van der Waals surface area (Å²) in [7, 11) is 0. The van der Waals surface area contributed by atoms with Crippen LogP contribution in [0, 0.1) is 6.92 Å². The average Bonchev–Trinajstić information content (AvgIpc) is 2.67. The molecule has 0 saturated heterocycles. The summed E-state index contributed by atoms with van der Waals surface area (Å²) in [4.78, 5) is 0. The van der Waals surface area contributed by atoms with Crippen LogP contribution in [0.2, 0.25) is 0 Å². The molecule has 0 unspecified atom stereocenters. The predicted octanol–water partition coefficient (Wildman–Crippen LogP) is 3.71. The Morgan fingerprint density at radius 1 is 1.28 bits per heavy atom. The van der Waals surface area contributed by atoms with Crippen molar-refractivity contribution >= 4 is 0 Å². The summed E-state index contributed by atoms with van der Waals surface area (Å²) in [6, 6.07) is 7.46. The molecule has 0 aliphatic carbocycles. The van der Waals surface area contributed by atoms with Crippen LogP contribution < -0.4 is 0 Å². The van der Waals surface area contributed by atoms with Crippen molar-refractivity contribution in [3.05, 3.63) is 35.7 Å². The Kier molecular flexibility index (Phi) is 3.41. The summed E-state index contributed by atoms with van der Waals surface area (Å²) in [5.41, 5.74) is 4.11. The molecule has 3 heteroatoms. The Balaban J connectivity index is 2.71. The molecule has 0 bridgehead atoms. The lowest BCUT2D eigenvalue weighted by molar-refractivity contribution is 0.477. The summed E-state index contributed by atoms with van der Waals surface area (Å²) in [5, 5.41) is 14.6. The highest BCUT2D eigenvalue weighted by Crippen LogP contribution is 2.36. The van der Waals surface area contributed by atoms with Crippen molar-refractivity contribution in [2.75, 3.05) is 0 Å². The zero-order valence-corrected chi connectivity index (χ0v) is 11.4. The fourth-order valence-corrected chi connectivity index (χ4v) is 2.45. The first-order valence-electron chi connectivity index (χ1n) is 6.41. The third kappa shape index (κ3) is 2.01. The molecule has 0 atom stereocenters. The minimum atomic E-state index is 0.318. The van der Waals surface area contributed by atoms with Gasteiger partial charge in [-0.15, -0.1) is 0 Å². The van der Waals surface area contributed by atoms with Crippen LogP contribution in [-0.2, 0) is 6.54 Å². The zero-order chi connectivity index (χ0) is 13.3. The highest BCUT2D eigenvalue weighted by Gasteiger charge is 2.20. The largest absolute Gasteiger partial charge is 0.507 e. The van der Waals surface area contributed by atoms with Gasteiger partial charge in [-0.3, -0.25) is 4.68 Å². The number of aryl methyl sites for hydroxylation is 2. The van der Waals surface area contributed by atoms with Crippen LogP contribution >= 0.6 is 0 Å². The summed E-state index contributed by atoms with van der Waals surface area (Å²) < 4.78 is 2.03. The van der Waals surface area contributed by atoms with Gasteiger partial charge in [-0.1, -0.05) is 32.0 Å². The van der Waals surface area contributed by atoms with Crippen molar-refractivity contribution in [3.63, 3.8) is 0 Å². The number of para-hydroxylation sites is 1. The third-order valence-electron chi connectivity index (χ3n) is 3.19. The molecule has 1 aromatic heterocycles. The van der Waals surface area contributed by atoms with Gasteiger partial charge in [0.25, 0.3) is 0 Å². The van der Waals surface area contributed by atoms with Crippen molar-refractivity contribution in [3.8, 4) is 16.9 Å². The lowest BCUT2D eigenvalue weighted by Crippen LogP contribution is -2.04. The van der Waals surface area contributed by atoms with Crippen LogP contribution in [0.4, 0.5) is 0 Å². The number of hydrogen-bond acceptors (Lipinski definition) is 2. The van der Waals surface area contributed by atoms with Crippen LogP contribution in [0.5, 0.6) is 5.75 Å². The van der Waals surface area contributed by atoms with E-state index in [1.165, 1.54) is 5.69 Å². The zero-order valence-electron chi connectivity index (χ0n) is 11.4. The number of hydrogen-bond donors (Lipinski definition) is 1. The molecule has 0 saturated carbocycles. The van der Waals surface area contributed by atoms with Gasteiger partial charge in [0.15, 0.2) is 0 Å². The Hall–Kier alpha value is -1.77. The first kappa shape index (κ1) is 12.7. The maximum atomic E-state index is 10.0. The Morgan fingerprint density at radius 3 is 2.50 bits per heavy atom. The van der Waals surface area contributed by atoms with E-state index in [9.17, 15) is 5.11 Å². The highest BCUT2D eigenvalue weighted by atomic mass is 16.3. The number of phenolic OH excluding ortho intramolecular Hbond substituents is 1. The minimum absolute atomic E-state index is 0.318. The van der Waals surface area contributed by atoms with Crippen LogP contribution in [0.1, 0.15) is 38.1 Å². The van der Waals surface area contributed by atoms with Gasteiger partial charge in [0, 0.05) is 23.4 Å². The molecule has 2 aromatic rings. The summed E-state index contributed by atoms with van der Waals surface area (Å²) in [5.74, 6) is 0.693. The molecule has 0 aliphatic heterocycles. The van der Waals surface area contributed by atoms with Gasteiger partial charge in [0.05, 0.1) is 5.69 Å². The highest BCUT2D eigenvalue weighted by molar-refractivity contribution is 5.74. The second-order valence-corrected chi connectivity index (χ2v) is 4.83. The number of benzene rings is 1. The Labute approximate surface area is 108 Å². The molecule has 96 valence electrons. The number of phenols is 1. The van der Waals surface area contributed by atoms with Gasteiger partial charge < -0.3 is 5.11 Å².